The Labute approximate surface area is 279 Å². The lowest BCUT2D eigenvalue weighted by atomic mass is 10.1. The fraction of sp³-hybridized carbons (Fsp3) is 0.343. The molecule has 0 atom stereocenters. The van der Waals surface area contributed by atoms with Crippen molar-refractivity contribution in [3.63, 3.8) is 0 Å². The number of rotatable bonds is 18. The van der Waals surface area contributed by atoms with Gasteiger partial charge in [-0.3, -0.25) is 9.59 Å². The molecule has 11 heteroatoms. The van der Waals surface area contributed by atoms with Crippen molar-refractivity contribution in [2.45, 2.75) is 71.1 Å². The molecule has 0 aliphatic carbocycles. The minimum Gasteiger partial charge on any atom is -0.423 e. The topological polar surface area (TPSA) is 123 Å². The summed E-state index contributed by atoms with van der Waals surface area (Å²) < 4.78 is 11.0. The fourth-order valence-electron chi connectivity index (χ4n) is 4.35. The van der Waals surface area contributed by atoms with Crippen molar-refractivity contribution in [3.8, 4) is 11.5 Å². The Kier molecular flexibility index (Phi) is 15.8. The number of hydrogen-bond donors (Lipinski definition) is 2. The van der Waals surface area contributed by atoms with Crippen LogP contribution in [-0.2, 0) is 9.59 Å². The Morgan fingerprint density at radius 1 is 0.696 bits per heavy atom. The van der Waals surface area contributed by atoms with E-state index < -0.39 is 17.8 Å². The van der Waals surface area contributed by atoms with Gasteiger partial charge in [-0.05, 0) is 67.1 Å². The van der Waals surface area contributed by atoms with Crippen LogP contribution in [-0.4, -0.2) is 36.5 Å². The second-order valence-corrected chi connectivity index (χ2v) is 11.5. The average Bonchev–Trinajstić information content (AvgIpc) is 3.04. The molecule has 0 aromatic heterocycles. The highest BCUT2D eigenvalue weighted by Crippen LogP contribution is 2.26. The van der Waals surface area contributed by atoms with Gasteiger partial charge in [0.2, 0.25) is 5.91 Å². The van der Waals surface area contributed by atoms with Crippen molar-refractivity contribution < 1.29 is 28.7 Å². The third-order valence-electron chi connectivity index (χ3n) is 6.90. The molecular formula is C35H39Cl2N3O6. The lowest BCUT2D eigenvalue weighted by molar-refractivity contribution is -0.126. The molecule has 2 N–H and O–H groups in total. The first kappa shape index (κ1) is 36.3. The van der Waals surface area contributed by atoms with Crippen molar-refractivity contribution in [2.75, 3.05) is 6.54 Å². The van der Waals surface area contributed by atoms with Crippen LogP contribution in [0, 0.1) is 0 Å². The van der Waals surface area contributed by atoms with Crippen LogP contribution in [0.3, 0.4) is 0 Å². The van der Waals surface area contributed by atoms with Gasteiger partial charge in [0, 0.05) is 28.1 Å². The van der Waals surface area contributed by atoms with Crippen LogP contribution in [0.15, 0.2) is 71.8 Å². The molecule has 2 amide bonds. The molecule has 0 aliphatic rings. The molecule has 0 aliphatic heterocycles. The molecule has 0 unspecified atom stereocenters. The third-order valence-corrected chi connectivity index (χ3v) is 7.41. The molecule has 0 fully saturated rings. The second kappa shape index (κ2) is 20.0. The van der Waals surface area contributed by atoms with Crippen molar-refractivity contribution in [2.24, 2.45) is 5.10 Å². The average molecular weight is 669 g/mol. The number of ether oxygens (including phenoxy) is 2. The Balaban J connectivity index is 1.54. The van der Waals surface area contributed by atoms with Gasteiger partial charge < -0.3 is 14.8 Å². The molecule has 3 rings (SSSR count). The first-order valence-corrected chi connectivity index (χ1v) is 16.2. The highest BCUT2D eigenvalue weighted by atomic mass is 35.5. The summed E-state index contributed by atoms with van der Waals surface area (Å²) in [6.45, 7) is 1.97. The maximum atomic E-state index is 12.8. The van der Waals surface area contributed by atoms with Crippen LogP contribution in [0.25, 0.3) is 0 Å². The van der Waals surface area contributed by atoms with E-state index >= 15 is 0 Å². The van der Waals surface area contributed by atoms with Crippen LogP contribution < -0.4 is 20.2 Å². The summed E-state index contributed by atoms with van der Waals surface area (Å²) in [6, 6.07) is 16.7. The standard InChI is InChI=1S/C35H39Cl2N3O6/c1-2-3-4-5-6-7-8-9-10-11-32(41)38-24-33(42)40-39-23-27-16-21-30(45-34(43)25-12-17-28(36)18-13-25)22-31(27)46-35(44)26-14-19-29(37)20-15-26/h12-23H,2-11,24H2,1H3,(H,38,41)(H,40,42)/b39-23-. The number of carbonyl (C=O) groups is 4. The monoisotopic (exact) mass is 667 g/mol. The second-order valence-electron chi connectivity index (χ2n) is 10.6. The summed E-state index contributed by atoms with van der Waals surface area (Å²) in [4.78, 5) is 49.8. The molecular weight excluding hydrogens is 629 g/mol. The SMILES string of the molecule is CCCCCCCCCCCC(=O)NCC(=O)N/N=C\c1ccc(OC(=O)c2ccc(Cl)cc2)cc1OC(=O)c1ccc(Cl)cc1. The van der Waals surface area contributed by atoms with Gasteiger partial charge >= 0.3 is 11.9 Å². The summed E-state index contributed by atoms with van der Waals surface area (Å²) in [6.07, 6.45) is 12.0. The molecule has 244 valence electrons. The molecule has 0 bridgehead atoms. The molecule has 0 saturated carbocycles. The van der Waals surface area contributed by atoms with E-state index in [1.165, 1.54) is 87.2 Å². The van der Waals surface area contributed by atoms with Crippen LogP contribution in [0.4, 0.5) is 0 Å². The summed E-state index contributed by atoms with van der Waals surface area (Å²) in [7, 11) is 0. The van der Waals surface area contributed by atoms with Crippen molar-refractivity contribution in [3.05, 3.63) is 93.5 Å². The van der Waals surface area contributed by atoms with Gasteiger partial charge in [-0.2, -0.15) is 5.10 Å². The Morgan fingerprint density at radius 2 is 1.24 bits per heavy atom. The maximum absolute atomic E-state index is 12.8. The molecule has 3 aromatic rings. The highest BCUT2D eigenvalue weighted by molar-refractivity contribution is 6.31. The van der Waals surface area contributed by atoms with Gasteiger partial charge in [-0.25, -0.2) is 15.0 Å². The summed E-state index contributed by atoms with van der Waals surface area (Å²) in [5, 5.41) is 7.46. The number of amides is 2. The normalized spacial score (nSPS) is 10.8. The van der Waals surface area contributed by atoms with Crippen LogP contribution in [0.2, 0.25) is 10.0 Å². The number of nitrogens with one attached hydrogen (secondary N) is 2. The van der Waals surface area contributed by atoms with Crippen molar-refractivity contribution in [1.29, 1.82) is 0 Å². The highest BCUT2D eigenvalue weighted by Gasteiger charge is 2.15. The zero-order chi connectivity index (χ0) is 33.1. The lowest BCUT2D eigenvalue weighted by Crippen LogP contribution is -2.34. The molecule has 0 spiro atoms. The molecule has 3 aromatic carbocycles. The first-order valence-electron chi connectivity index (χ1n) is 15.4. The zero-order valence-corrected chi connectivity index (χ0v) is 27.4. The molecule has 9 nitrogen and oxygen atoms in total. The number of carbonyl (C=O) groups excluding carboxylic acids is 4. The van der Waals surface area contributed by atoms with Gasteiger partial charge in [0.05, 0.1) is 23.9 Å². The number of hydrogen-bond acceptors (Lipinski definition) is 7. The van der Waals surface area contributed by atoms with Crippen LogP contribution in [0.1, 0.15) is 97.4 Å². The number of benzene rings is 3. The maximum Gasteiger partial charge on any atom is 0.343 e. The van der Waals surface area contributed by atoms with E-state index in [0.29, 0.717) is 22.0 Å². The van der Waals surface area contributed by atoms with Gasteiger partial charge in [-0.15, -0.1) is 0 Å². The minimum atomic E-state index is -0.689. The lowest BCUT2D eigenvalue weighted by Gasteiger charge is -2.11. The number of halogens is 2. The van der Waals surface area contributed by atoms with Crippen LogP contribution >= 0.6 is 23.2 Å². The van der Waals surface area contributed by atoms with Crippen LogP contribution in [0.5, 0.6) is 11.5 Å². The quantitative estimate of drug-likeness (QED) is 0.0467. The Bertz CT molecular complexity index is 1480. The third kappa shape index (κ3) is 13.4. The number of unbranched alkanes of at least 4 members (excludes halogenated alkanes) is 8. The number of nitrogens with zero attached hydrogens (tertiary/aromatic N) is 1. The largest absolute Gasteiger partial charge is 0.423 e. The number of esters is 2. The minimum absolute atomic E-state index is 0.0219. The van der Waals surface area contributed by atoms with E-state index in [2.05, 4.69) is 22.8 Å². The predicted octanol–water partition coefficient (Wildman–Crippen LogP) is 7.92. The first-order chi connectivity index (χ1) is 22.2. The van der Waals surface area contributed by atoms with E-state index in [9.17, 15) is 19.2 Å². The fourth-order valence-corrected chi connectivity index (χ4v) is 4.60. The Morgan fingerprint density at radius 3 is 1.83 bits per heavy atom. The summed E-state index contributed by atoms with van der Waals surface area (Å²) >= 11 is 11.8. The summed E-state index contributed by atoms with van der Waals surface area (Å²) in [5.74, 6) is -1.91. The zero-order valence-electron chi connectivity index (χ0n) is 25.9. The van der Waals surface area contributed by atoms with Gasteiger partial charge in [0.1, 0.15) is 11.5 Å². The predicted molar refractivity (Wildman–Crippen MR) is 180 cm³/mol. The van der Waals surface area contributed by atoms with E-state index in [4.69, 9.17) is 32.7 Å². The van der Waals surface area contributed by atoms with E-state index in [1.54, 1.807) is 24.3 Å². The van der Waals surface area contributed by atoms with Gasteiger partial charge in [-0.1, -0.05) is 81.5 Å². The Hall–Kier alpha value is -4.21. The van der Waals surface area contributed by atoms with Gasteiger partial charge in [0.15, 0.2) is 0 Å². The molecule has 0 saturated heterocycles. The van der Waals surface area contributed by atoms with Crippen molar-refractivity contribution in [1.82, 2.24) is 10.7 Å². The molecule has 0 heterocycles. The van der Waals surface area contributed by atoms with Gasteiger partial charge in [0.25, 0.3) is 5.91 Å². The molecule has 0 radical (unpaired) electrons. The number of hydrazone groups is 1. The van der Waals surface area contributed by atoms with E-state index in [-0.39, 0.29) is 35.1 Å². The van der Waals surface area contributed by atoms with Crippen molar-refractivity contribution >= 4 is 53.2 Å². The smallest absolute Gasteiger partial charge is 0.343 e. The summed E-state index contributed by atoms with van der Waals surface area (Å²) in [5.41, 5.74) is 3.17. The van der Waals surface area contributed by atoms with E-state index in [1.807, 2.05) is 0 Å². The van der Waals surface area contributed by atoms with E-state index in [0.717, 1.165) is 19.3 Å². The molecule has 46 heavy (non-hydrogen) atoms.